The van der Waals surface area contributed by atoms with Crippen molar-refractivity contribution in [3.8, 4) is 5.75 Å². The Balaban J connectivity index is 1.88. The van der Waals surface area contributed by atoms with Gasteiger partial charge in [0.2, 0.25) is 94.5 Å². The number of amides is 16. The van der Waals surface area contributed by atoms with Crippen LogP contribution in [0.5, 0.6) is 5.75 Å². The van der Waals surface area contributed by atoms with Crippen molar-refractivity contribution in [1.29, 1.82) is 10.8 Å². The van der Waals surface area contributed by atoms with Crippen molar-refractivity contribution in [2.45, 2.75) is 243 Å². The van der Waals surface area contributed by atoms with Crippen molar-refractivity contribution >= 4 is 123 Å². The topological polar surface area (TPSA) is 798 Å². The fourth-order valence-electron chi connectivity index (χ4n) is 12.9. The Morgan fingerprint density at radius 2 is 0.789 bits per heavy atom. The number of aliphatic hydroxyl groups is 4. The van der Waals surface area contributed by atoms with Crippen LogP contribution in [0.4, 0.5) is 0 Å². The van der Waals surface area contributed by atoms with E-state index in [0.29, 0.717) is 22.0 Å². The highest BCUT2D eigenvalue weighted by molar-refractivity contribution is 6.01. The number of nitrogens with one attached hydrogen (secondary N) is 19. The number of aromatic nitrogens is 1. The number of carbonyl (C=O) groups is 17. The Morgan fingerprint density at radius 3 is 1.23 bits per heavy atom. The predicted octanol–water partition coefficient (Wildman–Crippen LogP) is -7.91. The monoisotopic (exact) mass is 1810 g/mol. The molecule has 0 fully saturated rings. The number of guanidine groups is 2. The lowest BCUT2D eigenvalue weighted by Crippen LogP contribution is -2.62. The van der Waals surface area contributed by atoms with Gasteiger partial charge in [0, 0.05) is 55.9 Å². The maximum absolute atomic E-state index is 14.8. The van der Waals surface area contributed by atoms with Crippen LogP contribution in [-0.2, 0) is 94.3 Å². The van der Waals surface area contributed by atoms with Gasteiger partial charge in [0.1, 0.15) is 84.3 Å². The standard InChI is InChI=1S/C81H130N24O23/c1-10-40(6)62(102-70(118)52(26-28-60(84)112)95-68(116)50(19-15-29-89-80(85)86)94-66(114)48(82)25-27-59(83)111)75(123)96-51(20-16-30-90-81(87)88)69(117)99-57(37-107)73(121)104-64(42(8)12-3)77(125)101-56(36-106)67(115)92-35-61(113)93-54(33-45-34-91-49-18-14-13-17-47(45)49)72(120)103-63(41(7)11-2)76(124)97-53(31-39(4)5)71(119)100-58(38-108)74(122)105-65(43(9)109)78(126)98-55(79(127)128)32-44-21-23-46(110)24-22-44/h13-14,17-18,21-24,34,39-43,48,50-58,62-65,91,106-110H,10-12,15-16,19-20,25-33,35-38,82H2,1-9H3,(H2,83,111)(H2,84,112)(H,92,115)(H,93,113)(H,94,114)(H,95,116)(H,96,123)(H,97,124)(H,98,126)(H,99,117)(H,100,119)(H,101,125)(H,102,118)(H,103,120)(H,104,121)(H,105,122)(H,127,128)(H4,85,86,89)(H4,87,88,90)/t40-,41-,42-,43+,48-,50-,51-,52-,53-,54-,55-,56-,57-,58-,62-,63-,64-,65-/m0/s1. The number of para-hydroxylation sites is 1. The molecule has 35 N–H and O–H groups in total. The van der Waals surface area contributed by atoms with Crippen LogP contribution in [-0.4, -0.2) is 278 Å². The van der Waals surface area contributed by atoms with E-state index in [2.05, 4.69) is 90.1 Å². The predicted molar refractivity (Wildman–Crippen MR) is 463 cm³/mol. The van der Waals surface area contributed by atoms with Gasteiger partial charge >= 0.3 is 5.97 Å². The number of phenolic OH excluding ortho intramolecular Hbond substituents is 1. The maximum atomic E-state index is 14.8. The molecule has 712 valence electrons. The zero-order valence-electron chi connectivity index (χ0n) is 73.3. The smallest absolute Gasteiger partial charge is 0.326 e. The number of phenols is 1. The number of carboxylic acid groups (broad SMARTS) is 1. The van der Waals surface area contributed by atoms with Crippen LogP contribution in [0.1, 0.15) is 150 Å². The fourth-order valence-corrected chi connectivity index (χ4v) is 12.9. The van der Waals surface area contributed by atoms with Crippen LogP contribution in [0.3, 0.4) is 0 Å². The molecule has 0 bridgehead atoms. The molecule has 0 spiro atoms. The second kappa shape index (κ2) is 55.6. The summed E-state index contributed by atoms with van der Waals surface area (Å²) in [5, 5.41) is 117. The third kappa shape index (κ3) is 37.7. The van der Waals surface area contributed by atoms with Crippen molar-refractivity contribution in [1.82, 2.24) is 90.1 Å². The summed E-state index contributed by atoms with van der Waals surface area (Å²) < 4.78 is 0. The van der Waals surface area contributed by atoms with E-state index in [1.165, 1.54) is 31.2 Å². The third-order valence-electron chi connectivity index (χ3n) is 21.0. The molecule has 1 aromatic heterocycles. The summed E-state index contributed by atoms with van der Waals surface area (Å²) in [6.45, 7) is 9.90. The van der Waals surface area contributed by atoms with E-state index in [1.54, 1.807) is 78.9 Å². The van der Waals surface area contributed by atoms with Crippen LogP contribution < -0.4 is 114 Å². The second-order valence-electron chi connectivity index (χ2n) is 31.7. The van der Waals surface area contributed by atoms with Crippen molar-refractivity contribution < 1.29 is 112 Å². The molecular weight excluding hydrogens is 1680 g/mol. The summed E-state index contributed by atoms with van der Waals surface area (Å²) in [4.78, 5) is 237. The Labute approximate surface area is 739 Å². The molecule has 47 nitrogen and oxygen atoms in total. The highest BCUT2D eigenvalue weighted by Crippen LogP contribution is 2.22. The number of hydrogen-bond donors (Lipinski definition) is 30. The minimum atomic E-state index is -1.90. The summed E-state index contributed by atoms with van der Waals surface area (Å²) in [5.41, 5.74) is 29.1. The second-order valence-corrected chi connectivity index (χ2v) is 31.7. The lowest BCUT2D eigenvalue weighted by atomic mass is 9.95. The first kappa shape index (κ1) is 109. The van der Waals surface area contributed by atoms with Gasteiger partial charge in [-0.05, 0) is 105 Å². The van der Waals surface area contributed by atoms with E-state index in [9.17, 15) is 112 Å². The zero-order valence-corrected chi connectivity index (χ0v) is 73.3. The van der Waals surface area contributed by atoms with Gasteiger partial charge in [-0.3, -0.25) is 87.5 Å². The van der Waals surface area contributed by atoms with E-state index >= 15 is 0 Å². The van der Waals surface area contributed by atoms with Crippen molar-refractivity contribution in [3.05, 3.63) is 65.9 Å². The number of carbonyl (C=O) groups excluding carboxylic acids is 16. The zero-order chi connectivity index (χ0) is 96.4. The summed E-state index contributed by atoms with van der Waals surface area (Å²) >= 11 is 0. The number of nitrogens with two attached hydrogens (primary N) is 5. The van der Waals surface area contributed by atoms with Crippen LogP contribution in [0, 0.1) is 34.5 Å². The minimum absolute atomic E-state index is 0.00775. The first-order chi connectivity index (χ1) is 60.3. The molecule has 128 heavy (non-hydrogen) atoms. The molecule has 0 radical (unpaired) electrons. The maximum Gasteiger partial charge on any atom is 0.326 e. The molecule has 18 atom stereocenters. The molecule has 47 heteroatoms. The highest BCUT2D eigenvalue weighted by Gasteiger charge is 2.40. The van der Waals surface area contributed by atoms with Crippen LogP contribution in [0.25, 0.3) is 10.9 Å². The number of hydrogen-bond acceptors (Lipinski definition) is 25. The quantitative estimate of drug-likeness (QED) is 0.0142. The molecule has 0 aliphatic heterocycles. The van der Waals surface area contributed by atoms with E-state index < -0.39 is 260 Å². The van der Waals surface area contributed by atoms with Gasteiger partial charge in [-0.15, -0.1) is 0 Å². The number of carboxylic acids is 1. The van der Waals surface area contributed by atoms with Crippen LogP contribution in [0.15, 0.2) is 54.7 Å². The lowest BCUT2D eigenvalue weighted by Gasteiger charge is -2.30. The molecule has 0 unspecified atom stereocenters. The van der Waals surface area contributed by atoms with Crippen LogP contribution in [0.2, 0.25) is 0 Å². The van der Waals surface area contributed by atoms with Crippen molar-refractivity contribution in [2.75, 3.05) is 39.5 Å². The van der Waals surface area contributed by atoms with E-state index in [1.807, 2.05) is 0 Å². The van der Waals surface area contributed by atoms with Crippen LogP contribution >= 0.6 is 0 Å². The number of H-pyrrole nitrogens is 1. The van der Waals surface area contributed by atoms with Gasteiger partial charge in [-0.25, -0.2) is 4.79 Å². The minimum Gasteiger partial charge on any atom is -0.508 e. The molecule has 16 amide bonds. The van der Waals surface area contributed by atoms with Gasteiger partial charge in [-0.1, -0.05) is 105 Å². The third-order valence-corrected chi connectivity index (χ3v) is 21.0. The van der Waals surface area contributed by atoms with Gasteiger partial charge < -0.3 is 149 Å². The van der Waals surface area contributed by atoms with E-state index in [-0.39, 0.29) is 102 Å². The molecule has 2 aromatic carbocycles. The molecule has 0 aliphatic rings. The lowest BCUT2D eigenvalue weighted by molar-refractivity contribution is -0.143. The van der Waals surface area contributed by atoms with Gasteiger partial charge in [0.15, 0.2) is 11.9 Å². The van der Waals surface area contributed by atoms with Gasteiger partial charge in [-0.2, -0.15) is 0 Å². The van der Waals surface area contributed by atoms with E-state index in [4.69, 9.17) is 39.5 Å². The normalized spacial score (nSPS) is 15.4. The van der Waals surface area contributed by atoms with Gasteiger partial charge in [0.05, 0.1) is 38.5 Å². The first-order valence-corrected chi connectivity index (χ1v) is 42.1. The van der Waals surface area contributed by atoms with Gasteiger partial charge in [0.25, 0.3) is 0 Å². The number of aromatic amines is 1. The molecule has 0 saturated carbocycles. The first-order valence-electron chi connectivity index (χ1n) is 42.1. The van der Waals surface area contributed by atoms with Crippen molar-refractivity contribution in [2.24, 2.45) is 52.3 Å². The Morgan fingerprint density at radius 1 is 0.414 bits per heavy atom. The summed E-state index contributed by atoms with van der Waals surface area (Å²) in [6, 6.07) is -10.3. The van der Waals surface area contributed by atoms with Crippen molar-refractivity contribution in [3.63, 3.8) is 0 Å². The number of rotatable bonds is 59. The summed E-state index contributed by atoms with van der Waals surface area (Å²) in [5.74, 6) is -21.4. The molecule has 0 aliphatic carbocycles. The number of aliphatic hydroxyl groups excluding tert-OH is 4. The number of benzene rings is 2. The summed E-state index contributed by atoms with van der Waals surface area (Å²) in [7, 11) is 0. The number of aromatic hydroxyl groups is 1. The Kier molecular flexibility index (Phi) is 47.4. The molecule has 0 saturated heterocycles. The number of primary amides is 2. The SMILES string of the molecule is CC[C@H](C)[C@H](NC(=O)[C@H](CO)NC(=O)[C@H](CCCNC(=N)N)NC(=O)[C@@H](NC(=O)[C@H](CCC(N)=O)NC(=O)[C@H](CCCNC(=N)N)NC(=O)[C@@H](N)CCC(N)=O)[C@@H](C)CC)C(=O)N[C@@H](CO)C(=O)NCC(=O)N[C@@H](Cc1c[nH]c2ccccc12)C(=O)N[C@H](C(=O)N[C@@H](CC(C)C)C(=O)N[C@@H](CO)C(=O)N[C@H](C(=O)N[C@@H](Cc1ccc(O)cc1)C(=O)O)[C@@H](C)O)[C@@H](C)CC. The highest BCUT2D eigenvalue weighted by atomic mass is 16.4. The average Bonchev–Trinajstić information content (AvgIpc) is 1.68. The Hall–Kier alpha value is -12.9. The summed E-state index contributed by atoms with van der Waals surface area (Å²) in [6.07, 6.45) is -1.87. The number of fused-ring (bicyclic) bond motifs is 1. The molecular formula is C81H130N24O23. The largest absolute Gasteiger partial charge is 0.508 e. The van der Waals surface area contributed by atoms with E-state index in [0.717, 1.165) is 6.92 Å². The fraction of sp³-hybridized carbons (Fsp3) is 0.593. The molecule has 3 rings (SSSR count). The molecule has 3 aromatic rings. The number of aliphatic carboxylic acids is 1. The Bertz CT molecular complexity index is 4290. The average molecular weight is 1810 g/mol. The molecule has 1 heterocycles.